The number of phenols is 1. The Bertz CT molecular complexity index is 483. The van der Waals surface area contributed by atoms with Crippen LogP contribution in [0.2, 0.25) is 0 Å². The molecule has 1 aliphatic rings. The van der Waals surface area contributed by atoms with Crippen LogP contribution in [0.4, 0.5) is 0 Å². The molecule has 0 aliphatic heterocycles. The maximum atomic E-state index is 10.3. The van der Waals surface area contributed by atoms with Crippen LogP contribution in [0, 0.1) is 11.3 Å². The summed E-state index contributed by atoms with van der Waals surface area (Å²) >= 11 is 0. The number of rotatable bonds is 7. The molecule has 3 N–H and O–H groups in total. The molecule has 0 spiro atoms. The molecule has 1 aliphatic carbocycles. The molecule has 0 saturated heterocycles. The Balaban J connectivity index is 2.05. The van der Waals surface area contributed by atoms with E-state index in [0.717, 1.165) is 24.9 Å². The minimum absolute atomic E-state index is 0.0000607. The van der Waals surface area contributed by atoms with Crippen LogP contribution < -0.4 is 10.1 Å². The van der Waals surface area contributed by atoms with Gasteiger partial charge in [0.05, 0.1) is 18.8 Å². The minimum atomic E-state index is -0.275. The average molecular weight is 293 g/mol. The van der Waals surface area contributed by atoms with E-state index in [9.17, 15) is 10.2 Å². The second kappa shape index (κ2) is 6.24. The van der Waals surface area contributed by atoms with Gasteiger partial charge in [-0.05, 0) is 37.8 Å². The van der Waals surface area contributed by atoms with Crippen molar-refractivity contribution >= 4 is 0 Å². The smallest absolute Gasteiger partial charge is 0.127 e. The van der Waals surface area contributed by atoms with Gasteiger partial charge in [0, 0.05) is 18.0 Å². The van der Waals surface area contributed by atoms with Crippen LogP contribution in [0.25, 0.3) is 0 Å². The lowest BCUT2D eigenvalue weighted by Crippen LogP contribution is -2.37. The fourth-order valence-corrected chi connectivity index (χ4v) is 3.05. The lowest BCUT2D eigenvalue weighted by molar-refractivity contribution is 0.0491. The quantitative estimate of drug-likeness (QED) is 0.723. The summed E-state index contributed by atoms with van der Waals surface area (Å²) in [5, 5.41) is 23.9. The summed E-state index contributed by atoms with van der Waals surface area (Å²) in [6, 6.07) is 5.27. The summed E-state index contributed by atoms with van der Waals surface area (Å²) in [4.78, 5) is 0. The molecular formula is C17H27NO3. The predicted octanol–water partition coefficient (Wildman–Crippen LogP) is 2.85. The van der Waals surface area contributed by atoms with Crippen molar-refractivity contribution in [2.24, 2.45) is 11.3 Å². The normalized spacial score (nSPS) is 19.3. The van der Waals surface area contributed by atoms with Crippen LogP contribution in [-0.4, -0.2) is 30.0 Å². The van der Waals surface area contributed by atoms with E-state index in [0.29, 0.717) is 5.75 Å². The number of hydrogen-bond acceptors (Lipinski definition) is 4. The van der Waals surface area contributed by atoms with Crippen molar-refractivity contribution in [1.29, 1.82) is 0 Å². The van der Waals surface area contributed by atoms with Gasteiger partial charge < -0.3 is 20.3 Å². The largest absolute Gasteiger partial charge is 0.507 e. The fourth-order valence-electron chi connectivity index (χ4n) is 3.05. The third-order valence-electron chi connectivity index (χ3n) is 4.61. The van der Waals surface area contributed by atoms with Crippen molar-refractivity contribution < 1.29 is 14.9 Å². The van der Waals surface area contributed by atoms with Gasteiger partial charge in [0.15, 0.2) is 0 Å². The number of nitrogens with one attached hydrogen (secondary N) is 1. The molecule has 1 aromatic carbocycles. The highest BCUT2D eigenvalue weighted by Crippen LogP contribution is 2.50. The number of aromatic hydroxyl groups is 1. The van der Waals surface area contributed by atoms with Crippen LogP contribution in [0.15, 0.2) is 18.2 Å². The molecule has 0 amide bonds. The second-order valence-corrected chi connectivity index (χ2v) is 6.55. The first kappa shape index (κ1) is 16.1. The average Bonchev–Trinajstić information content (AvgIpc) is 3.24. The molecule has 118 valence electrons. The van der Waals surface area contributed by atoms with E-state index in [1.54, 1.807) is 19.2 Å². The first-order valence-corrected chi connectivity index (χ1v) is 7.68. The number of benzene rings is 1. The van der Waals surface area contributed by atoms with Crippen molar-refractivity contribution in [3.63, 3.8) is 0 Å². The maximum absolute atomic E-state index is 10.3. The van der Waals surface area contributed by atoms with Gasteiger partial charge in [-0.1, -0.05) is 19.9 Å². The number of ether oxygens (including phenoxy) is 1. The van der Waals surface area contributed by atoms with E-state index in [1.807, 2.05) is 13.0 Å². The SMILES string of the molecule is COc1cccc(O)c1C(C)NCC1(C(O)C(C)C)CC1. The fraction of sp³-hybridized carbons (Fsp3) is 0.647. The topological polar surface area (TPSA) is 61.7 Å². The van der Waals surface area contributed by atoms with E-state index in [2.05, 4.69) is 19.2 Å². The standard InChI is InChI=1S/C17H27NO3/c1-11(2)16(20)17(8-9-17)10-18-12(3)15-13(19)6-5-7-14(15)21-4/h5-7,11-12,16,18-20H,8-10H2,1-4H3. The summed E-state index contributed by atoms with van der Waals surface area (Å²) in [7, 11) is 1.61. The molecule has 21 heavy (non-hydrogen) atoms. The second-order valence-electron chi connectivity index (χ2n) is 6.55. The van der Waals surface area contributed by atoms with E-state index in [-0.39, 0.29) is 29.2 Å². The molecule has 2 rings (SSSR count). The highest BCUT2D eigenvalue weighted by Gasteiger charge is 2.49. The molecule has 4 nitrogen and oxygen atoms in total. The van der Waals surface area contributed by atoms with E-state index in [1.165, 1.54) is 0 Å². The Morgan fingerprint density at radius 3 is 2.48 bits per heavy atom. The summed E-state index contributed by atoms with van der Waals surface area (Å²) in [6.45, 7) is 6.88. The third-order valence-corrected chi connectivity index (χ3v) is 4.61. The van der Waals surface area contributed by atoms with Crippen LogP contribution >= 0.6 is 0 Å². The molecule has 1 saturated carbocycles. The van der Waals surface area contributed by atoms with Gasteiger partial charge in [-0.3, -0.25) is 0 Å². The molecular weight excluding hydrogens is 266 g/mol. The Morgan fingerprint density at radius 2 is 1.95 bits per heavy atom. The molecule has 0 radical (unpaired) electrons. The first-order chi connectivity index (χ1) is 9.91. The van der Waals surface area contributed by atoms with Gasteiger partial charge in [0.1, 0.15) is 11.5 Å². The van der Waals surface area contributed by atoms with Crippen molar-refractivity contribution in [3.8, 4) is 11.5 Å². The highest BCUT2D eigenvalue weighted by molar-refractivity contribution is 5.45. The highest BCUT2D eigenvalue weighted by atomic mass is 16.5. The van der Waals surface area contributed by atoms with Crippen molar-refractivity contribution in [3.05, 3.63) is 23.8 Å². The Hall–Kier alpha value is -1.26. The Morgan fingerprint density at radius 1 is 1.29 bits per heavy atom. The van der Waals surface area contributed by atoms with Gasteiger partial charge >= 0.3 is 0 Å². The number of aliphatic hydroxyl groups excluding tert-OH is 1. The van der Waals surface area contributed by atoms with Gasteiger partial charge in [0.2, 0.25) is 0 Å². The third kappa shape index (κ3) is 3.33. The monoisotopic (exact) mass is 293 g/mol. The van der Waals surface area contributed by atoms with Crippen molar-refractivity contribution in [2.75, 3.05) is 13.7 Å². The lowest BCUT2D eigenvalue weighted by atomic mass is 9.90. The zero-order chi connectivity index (χ0) is 15.6. The van der Waals surface area contributed by atoms with Gasteiger partial charge in [-0.2, -0.15) is 0 Å². The van der Waals surface area contributed by atoms with Gasteiger partial charge in [0.25, 0.3) is 0 Å². The zero-order valence-corrected chi connectivity index (χ0v) is 13.4. The summed E-state index contributed by atoms with van der Waals surface area (Å²) in [5.41, 5.74) is 0.773. The maximum Gasteiger partial charge on any atom is 0.127 e. The molecule has 2 atom stereocenters. The van der Waals surface area contributed by atoms with Crippen LogP contribution in [-0.2, 0) is 0 Å². The molecule has 0 bridgehead atoms. The van der Waals surface area contributed by atoms with Crippen LogP contribution in [0.3, 0.4) is 0 Å². The van der Waals surface area contributed by atoms with E-state index >= 15 is 0 Å². The number of hydrogen-bond donors (Lipinski definition) is 3. The summed E-state index contributed by atoms with van der Waals surface area (Å²) in [6.07, 6.45) is 1.84. The van der Waals surface area contributed by atoms with Crippen LogP contribution in [0.1, 0.15) is 45.2 Å². The Kier molecular flexibility index (Phi) is 4.79. The summed E-state index contributed by atoms with van der Waals surface area (Å²) in [5.74, 6) is 1.19. The molecule has 1 aromatic rings. The molecule has 4 heteroatoms. The number of aliphatic hydroxyl groups is 1. The first-order valence-electron chi connectivity index (χ1n) is 7.68. The molecule has 0 aromatic heterocycles. The van der Waals surface area contributed by atoms with Gasteiger partial charge in [-0.15, -0.1) is 0 Å². The van der Waals surface area contributed by atoms with E-state index < -0.39 is 0 Å². The number of phenolic OH excluding ortho intramolecular Hbond substituents is 1. The molecule has 2 unspecified atom stereocenters. The van der Waals surface area contributed by atoms with Crippen molar-refractivity contribution in [1.82, 2.24) is 5.32 Å². The molecule has 0 heterocycles. The zero-order valence-electron chi connectivity index (χ0n) is 13.4. The number of methoxy groups -OCH3 is 1. The molecule has 1 fully saturated rings. The van der Waals surface area contributed by atoms with Gasteiger partial charge in [-0.25, -0.2) is 0 Å². The predicted molar refractivity (Wildman–Crippen MR) is 83.6 cm³/mol. The van der Waals surface area contributed by atoms with Crippen molar-refractivity contribution in [2.45, 2.75) is 45.8 Å². The Labute approximate surface area is 127 Å². The van der Waals surface area contributed by atoms with E-state index in [4.69, 9.17) is 4.74 Å². The lowest BCUT2D eigenvalue weighted by Gasteiger charge is -2.28. The van der Waals surface area contributed by atoms with Crippen LogP contribution in [0.5, 0.6) is 11.5 Å². The minimum Gasteiger partial charge on any atom is -0.507 e. The summed E-state index contributed by atoms with van der Waals surface area (Å²) < 4.78 is 5.33.